The van der Waals surface area contributed by atoms with Crippen LogP contribution < -0.4 is 4.74 Å². The standard InChI is InChI=1S/C15H16N2OS/c1-11(2)12-4-3-5-13(8-12)18-10-15-17-9-14(19-15)6-7-16/h3-5,8-9,11H,6,10H2,1-2H3. The second-order valence-electron chi connectivity index (χ2n) is 4.57. The Kier molecular flexibility index (Phi) is 4.53. The molecule has 0 bridgehead atoms. The lowest BCUT2D eigenvalue weighted by Gasteiger charge is -2.08. The second kappa shape index (κ2) is 6.35. The van der Waals surface area contributed by atoms with Crippen LogP contribution in [0, 0.1) is 11.3 Å². The maximum atomic E-state index is 8.62. The van der Waals surface area contributed by atoms with E-state index in [-0.39, 0.29) is 0 Å². The Balaban J connectivity index is 1.98. The summed E-state index contributed by atoms with van der Waals surface area (Å²) in [6.07, 6.45) is 2.16. The Bertz CT molecular complexity index is 584. The van der Waals surface area contributed by atoms with Crippen LogP contribution in [0.4, 0.5) is 0 Å². The van der Waals surface area contributed by atoms with Gasteiger partial charge in [0, 0.05) is 11.1 Å². The zero-order valence-electron chi connectivity index (χ0n) is 11.1. The van der Waals surface area contributed by atoms with Crippen molar-refractivity contribution in [1.29, 1.82) is 5.26 Å². The summed E-state index contributed by atoms with van der Waals surface area (Å²) in [5.74, 6) is 1.36. The van der Waals surface area contributed by atoms with Gasteiger partial charge in [-0.15, -0.1) is 11.3 Å². The molecule has 0 aliphatic heterocycles. The maximum absolute atomic E-state index is 8.62. The Morgan fingerprint density at radius 1 is 1.42 bits per heavy atom. The topological polar surface area (TPSA) is 45.9 Å². The molecule has 0 amide bonds. The third-order valence-electron chi connectivity index (χ3n) is 2.74. The SMILES string of the molecule is CC(C)c1cccc(OCc2ncc(CC#N)s2)c1. The summed E-state index contributed by atoms with van der Waals surface area (Å²) in [6, 6.07) is 10.2. The van der Waals surface area contributed by atoms with Crippen LogP contribution in [-0.4, -0.2) is 4.98 Å². The van der Waals surface area contributed by atoms with Crippen LogP contribution in [0.3, 0.4) is 0 Å². The second-order valence-corrected chi connectivity index (χ2v) is 5.77. The molecule has 0 unspecified atom stereocenters. The highest BCUT2D eigenvalue weighted by Crippen LogP contribution is 2.22. The summed E-state index contributed by atoms with van der Waals surface area (Å²) in [6.45, 7) is 4.78. The minimum Gasteiger partial charge on any atom is -0.486 e. The number of thiazole rings is 1. The molecule has 3 nitrogen and oxygen atoms in total. The van der Waals surface area contributed by atoms with E-state index in [9.17, 15) is 0 Å². The van der Waals surface area contributed by atoms with E-state index in [1.807, 2.05) is 12.1 Å². The fraction of sp³-hybridized carbons (Fsp3) is 0.333. The predicted molar refractivity (Wildman–Crippen MR) is 76.3 cm³/mol. The molecule has 0 aliphatic carbocycles. The number of ether oxygens (including phenoxy) is 1. The van der Waals surface area contributed by atoms with Gasteiger partial charge in [0.25, 0.3) is 0 Å². The fourth-order valence-electron chi connectivity index (χ4n) is 1.68. The van der Waals surface area contributed by atoms with Gasteiger partial charge in [0.05, 0.1) is 12.5 Å². The molecule has 0 aliphatic rings. The van der Waals surface area contributed by atoms with Crippen molar-refractivity contribution in [3.8, 4) is 11.8 Å². The van der Waals surface area contributed by atoms with E-state index in [1.54, 1.807) is 6.20 Å². The van der Waals surface area contributed by atoms with Gasteiger partial charge in [-0.05, 0) is 23.6 Å². The summed E-state index contributed by atoms with van der Waals surface area (Å²) in [5, 5.41) is 9.52. The lowest BCUT2D eigenvalue weighted by Crippen LogP contribution is -1.95. The van der Waals surface area contributed by atoms with Gasteiger partial charge in [-0.3, -0.25) is 0 Å². The number of aromatic nitrogens is 1. The van der Waals surface area contributed by atoms with E-state index in [1.165, 1.54) is 16.9 Å². The predicted octanol–water partition coefficient (Wildman–Crippen LogP) is 3.91. The maximum Gasteiger partial charge on any atom is 0.140 e. The highest BCUT2D eigenvalue weighted by Gasteiger charge is 2.04. The van der Waals surface area contributed by atoms with Gasteiger partial charge < -0.3 is 4.74 Å². The third kappa shape index (κ3) is 3.80. The van der Waals surface area contributed by atoms with Crippen molar-refractivity contribution in [2.45, 2.75) is 32.8 Å². The Morgan fingerprint density at radius 3 is 3.00 bits per heavy atom. The first-order chi connectivity index (χ1) is 9.19. The molecule has 0 saturated heterocycles. The van der Waals surface area contributed by atoms with Crippen LogP contribution in [0.5, 0.6) is 5.75 Å². The number of nitriles is 1. The highest BCUT2D eigenvalue weighted by atomic mass is 32.1. The van der Waals surface area contributed by atoms with E-state index >= 15 is 0 Å². The number of benzene rings is 1. The number of rotatable bonds is 5. The van der Waals surface area contributed by atoms with Gasteiger partial charge in [-0.25, -0.2) is 4.98 Å². The smallest absolute Gasteiger partial charge is 0.140 e. The van der Waals surface area contributed by atoms with E-state index < -0.39 is 0 Å². The zero-order valence-corrected chi connectivity index (χ0v) is 11.9. The lowest BCUT2D eigenvalue weighted by atomic mass is 10.0. The average Bonchev–Trinajstić information content (AvgIpc) is 2.85. The largest absolute Gasteiger partial charge is 0.486 e. The minimum atomic E-state index is 0.417. The summed E-state index contributed by atoms with van der Waals surface area (Å²) in [7, 11) is 0. The van der Waals surface area contributed by atoms with Gasteiger partial charge in [0.15, 0.2) is 0 Å². The van der Waals surface area contributed by atoms with Crippen molar-refractivity contribution in [1.82, 2.24) is 4.98 Å². The van der Waals surface area contributed by atoms with Crippen molar-refractivity contribution in [3.05, 3.63) is 45.9 Å². The molecule has 1 aromatic heterocycles. The van der Waals surface area contributed by atoms with Crippen molar-refractivity contribution in [2.75, 3.05) is 0 Å². The van der Waals surface area contributed by atoms with E-state index in [0.29, 0.717) is 18.9 Å². The quantitative estimate of drug-likeness (QED) is 0.829. The van der Waals surface area contributed by atoms with Crippen molar-refractivity contribution < 1.29 is 4.74 Å². The first-order valence-electron chi connectivity index (χ1n) is 6.22. The average molecular weight is 272 g/mol. The Morgan fingerprint density at radius 2 is 2.26 bits per heavy atom. The van der Waals surface area contributed by atoms with Crippen molar-refractivity contribution >= 4 is 11.3 Å². The molecule has 1 heterocycles. The van der Waals surface area contributed by atoms with Gasteiger partial charge in [-0.1, -0.05) is 26.0 Å². The zero-order chi connectivity index (χ0) is 13.7. The number of nitrogens with zero attached hydrogens (tertiary/aromatic N) is 2. The minimum absolute atomic E-state index is 0.417. The van der Waals surface area contributed by atoms with Crippen LogP contribution >= 0.6 is 11.3 Å². The van der Waals surface area contributed by atoms with E-state index in [0.717, 1.165) is 15.6 Å². The van der Waals surface area contributed by atoms with Crippen LogP contribution in [0.2, 0.25) is 0 Å². The van der Waals surface area contributed by atoms with Crippen LogP contribution in [-0.2, 0) is 13.0 Å². The molecule has 2 aromatic rings. The van der Waals surface area contributed by atoms with Crippen molar-refractivity contribution in [3.63, 3.8) is 0 Å². The molecule has 0 fully saturated rings. The molecule has 0 radical (unpaired) electrons. The molecular weight excluding hydrogens is 256 g/mol. The fourth-order valence-corrected chi connectivity index (χ4v) is 2.45. The van der Waals surface area contributed by atoms with Gasteiger partial charge in [0.2, 0.25) is 0 Å². The molecule has 2 rings (SSSR count). The molecule has 19 heavy (non-hydrogen) atoms. The molecule has 98 valence electrons. The monoisotopic (exact) mass is 272 g/mol. The van der Waals surface area contributed by atoms with Gasteiger partial charge in [0.1, 0.15) is 17.4 Å². The summed E-state index contributed by atoms with van der Waals surface area (Å²) in [4.78, 5) is 5.23. The molecular formula is C15H16N2OS. The number of hydrogen-bond acceptors (Lipinski definition) is 4. The first kappa shape index (κ1) is 13.6. The van der Waals surface area contributed by atoms with E-state index in [2.05, 4.69) is 37.0 Å². The van der Waals surface area contributed by atoms with Crippen LogP contribution in [0.25, 0.3) is 0 Å². The van der Waals surface area contributed by atoms with Gasteiger partial charge in [-0.2, -0.15) is 5.26 Å². The molecule has 0 spiro atoms. The third-order valence-corrected chi connectivity index (χ3v) is 3.71. The molecule has 1 aromatic carbocycles. The summed E-state index contributed by atoms with van der Waals surface area (Å²) in [5.41, 5.74) is 1.27. The Hall–Kier alpha value is -1.86. The molecule has 4 heteroatoms. The summed E-state index contributed by atoms with van der Waals surface area (Å²) < 4.78 is 5.74. The van der Waals surface area contributed by atoms with Crippen LogP contribution in [0.15, 0.2) is 30.5 Å². The van der Waals surface area contributed by atoms with Gasteiger partial charge >= 0.3 is 0 Å². The Labute approximate surface area is 117 Å². The normalized spacial score (nSPS) is 10.4. The molecule has 0 saturated carbocycles. The van der Waals surface area contributed by atoms with Crippen molar-refractivity contribution in [2.24, 2.45) is 0 Å². The summed E-state index contributed by atoms with van der Waals surface area (Å²) >= 11 is 1.53. The number of hydrogen-bond donors (Lipinski definition) is 0. The lowest BCUT2D eigenvalue weighted by molar-refractivity contribution is 0.305. The molecule has 0 atom stereocenters. The highest BCUT2D eigenvalue weighted by molar-refractivity contribution is 7.11. The van der Waals surface area contributed by atoms with E-state index in [4.69, 9.17) is 10.00 Å². The first-order valence-corrected chi connectivity index (χ1v) is 7.04. The van der Waals surface area contributed by atoms with Crippen LogP contribution in [0.1, 0.15) is 35.2 Å². The molecule has 0 N–H and O–H groups in total.